The lowest BCUT2D eigenvalue weighted by molar-refractivity contribution is -0.124. The molecule has 0 bridgehead atoms. The number of hydrogen-bond donors (Lipinski definition) is 1. The number of amides is 1. The zero-order chi connectivity index (χ0) is 14.8. The van der Waals surface area contributed by atoms with Crippen molar-refractivity contribution in [3.8, 4) is 0 Å². The van der Waals surface area contributed by atoms with Gasteiger partial charge in [0, 0.05) is 25.6 Å². The van der Waals surface area contributed by atoms with E-state index in [9.17, 15) is 9.59 Å². The molecule has 1 amide bonds. The molecule has 114 valence electrons. The first-order valence-corrected chi connectivity index (χ1v) is 7.34. The van der Waals surface area contributed by atoms with Gasteiger partial charge in [0.1, 0.15) is 6.26 Å². The van der Waals surface area contributed by atoms with Crippen LogP contribution in [0, 0.1) is 5.92 Å². The molecule has 7 nitrogen and oxygen atoms in total. The standard InChI is InChI=1S/C14H19N3O4/c1-2-20-13(19)11-8-21-14(16-11)17-6-5-10-9(7-17)3-4-12(18)15-10/h8-10H,2-7H2,1H3,(H,15,18). The Kier molecular flexibility index (Phi) is 3.81. The fraction of sp³-hybridized carbons (Fsp3) is 0.643. The summed E-state index contributed by atoms with van der Waals surface area (Å²) in [6, 6.07) is 0.704. The Balaban J connectivity index is 1.66. The van der Waals surface area contributed by atoms with Gasteiger partial charge in [-0.25, -0.2) is 4.79 Å². The van der Waals surface area contributed by atoms with E-state index >= 15 is 0 Å². The van der Waals surface area contributed by atoms with Crippen molar-refractivity contribution in [1.82, 2.24) is 10.3 Å². The van der Waals surface area contributed by atoms with Gasteiger partial charge in [-0.3, -0.25) is 4.79 Å². The number of anilines is 1. The van der Waals surface area contributed by atoms with Crippen LogP contribution in [0.25, 0.3) is 0 Å². The van der Waals surface area contributed by atoms with E-state index in [1.165, 1.54) is 6.26 Å². The monoisotopic (exact) mass is 293 g/mol. The first kappa shape index (κ1) is 13.9. The number of nitrogens with one attached hydrogen (secondary N) is 1. The normalized spacial score (nSPS) is 25.2. The van der Waals surface area contributed by atoms with Gasteiger partial charge in [-0.15, -0.1) is 0 Å². The maximum absolute atomic E-state index is 11.6. The lowest BCUT2D eigenvalue weighted by atomic mass is 9.85. The Morgan fingerprint density at radius 2 is 2.43 bits per heavy atom. The van der Waals surface area contributed by atoms with Gasteiger partial charge in [0.05, 0.1) is 6.61 Å². The molecule has 2 saturated heterocycles. The average Bonchev–Trinajstić information content (AvgIpc) is 2.97. The first-order chi connectivity index (χ1) is 10.2. The van der Waals surface area contributed by atoms with E-state index in [2.05, 4.69) is 10.3 Å². The van der Waals surface area contributed by atoms with Crippen molar-refractivity contribution in [2.24, 2.45) is 5.92 Å². The van der Waals surface area contributed by atoms with E-state index in [1.807, 2.05) is 4.90 Å². The van der Waals surface area contributed by atoms with E-state index in [1.54, 1.807) is 6.92 Å². The van der Waals surface area contributed by atoms with Gasteiger partial charge < -0.3 is 19.4 Å². The van der Waals surface area contributed by atoms with E-state index in [4.69, 9.17) is 9.15 Å². The van der Waals surface area contributed by atoms with Crippen molar-refractivity contribution < 1.29 is 18.7 Å². The summed E-state index contributed by atoms with van der Waals surface area (Å²) in [6.45, 7) is 3.60. The highest BCUT2D eigenvalue weighted by Gasteiger charge is 2.35. The van der Waals surface area contributed by atoms with E-state index < -0.39 is 5.97 Å². The number of nitrogens with zero attached hydrogens (tertiary/aromatic N) is 2. The third-order valence-electron chi connectivity index (χ3n) is 4.07. The fourth-order valence-corrected chi connectivity index (χ4v) is 2.99. The third-order valence-corrected chi connectivity index (χ3v) is 4.07. The molecule has 2 aliphatic heterocycles. The van der Waals surface area contributed by atoms with Crippen LogP contribution in [0.3, 0.4) is 0 Å². The molecule has 0 radical (unpaired) electrons. The lowest BCUT2D eigenvalue weighted by Gasteiger charge is -2.40. The van der Waals surface area contributed by atoms with Gasteiger partial charge in [0.15, 0.2) is 5.69 Å². The molecule has 21 heavy (non-hydrogen) atoms. The maximum atomic E-state index is 11.6. The zero-order valence-electron chi connectivity index (χ0n) is 12.0. The number of carbonyl (C=O) groups excluding carboxylic acids is 2. The molecule has 1 aromatic heterocycles. The molecule has 0 spiro atoms. The largest absolute Gasteiger partial charge is 0.461 e. The lowest BCUT2D eigenvalue weighted by Crippen LogP contribution is -2.54. The number of rotatable bonds is 3. The Morgan fingerprint density at radius 1 is 1.57 bits per heavy atom. The second-order valence-corrected chi connectivity index (χ2v) is 5.44. The van der Waals surface area contributed by atoms with Crippen LogP contribution < -0.4 is 10.2 Å². The van der Waals surface area contributed by atoms with Gasteiger partial charge in [-0.1, -0.05) is 0 Å². The zero-order valence-corrected chi connectivity index (χ0v) is 12.0. The summed E-state index contributed by atoms with van der Waals surface area (Å²) in [5, 5.41) is 3.04. The van der Waals surface area contributed by atoms with Gasteiger partial charge >= 0.3 is 5.97 Å². The number of esters is 1. The SMILES string of the molecule is CCOC(=O)c1coc(N2CCC3NC(=O)CCC3C2)n1. The van der Waals surface area contributed by atoms with Crippen LogP contribution >= 0.6 is 0 Å². The average molecular weight is 293 g/mol. The molecule has 0 aliphatic carbocycles. The van der Waals surface area contributed by atoms with Gasteiger partial charge in [-0.05, 0) is 25.7 Å². The van der Waals surface area contributed by atoms with E-state index in [0.717, 1.165) is 25.9 Å². The molecule has 2 fully saturated rings. The number of hydrogen-bond acceptors (Lipinski definition) is 6. The van der Waals surface area contributed by atoms with Gasteiger partial charge in [0.25, 0.3) is 6.01 Å². The smallest absolute Gasteiger partial charge is 0.360 e. The summed E-state index contributed by atoms with van der Waals surface area (Å²) < 4.78 is 10.3. The maximum Gasteiger partial charge on any atom is 0.360 e. The number of fused-ring (bicyclic) bond motifs is 1. The summed E-state index contributed by atoms with van der Waals surface area (Å²) >= 11 is 0. The van der Waals surface area contributed by atoms with Crippen molar-refractivity contribution in [2.75, 3.05) is 24.6 Å². The van der Waals surface area contributed by atoms with Gasteiger partial charge in [-0.2, -0.15) is 4.98 Å². The van der Waals surface area contributed by atoms with E-state index in [-0.39, 0.29) is 17.6 Å². The minimum absolute atomic E-state index is 0.144. The Morgan fingerprint density at radius 3 is 3.24 bits per heavy atom. The summed E-state index contributed by atoms with van der Waals surface area (Å²) in [5.74, 6) is 0.0899. The molecule has 0 saturated carbocycles. The number of piperidine rings is 2. The topological polar surface area (TPSA) is 84.7 Å². The predicted molar refractivity (Wildman–Crippen MR) is 73.9 cm³/mol. The van der Waals surface area contributed by atoms with Crippen LogP contribution in [0.4, 0.5) is 6.01 Å². The number of carbonyl (C=O) groups is 2. The highest BCUT2D eigenvalue weighted by atomic mass is 16.5. The molecular formula is C14H19N3O4. The van der Waals surface area contributed by atoms with Crippen molar-refractivity contribution in [3.05, 3.63) is 12.0 Å². The summed E-state index contributed by atoms with van der Waals surface area (Å²) in [4.78, 5) is 29.2. The Bertz CT molecular complexity index is 542. The van der Waals surface area contributed by atoms with Crippen LogP contribution in [0.2, 0.25) is 0 Å². The summed E-state index contributed by atoms with van der Waals surface area (Å²) in [5.41, 5.74) is 0.200. The molecule has 3 heterocycles. The number of ether oxygens (including phenoxy) is 1. The second-order valence-electron chi connectivity index (χ2n) is 5.44. The van der Waals surface area contributed by atoms with E-state index in [0.29, 0.717) is 25.0 Å². The molecule has 2 aliphatic rings. The fourth-order valence-electron chi connectivity index (χ4n) is 2.99. The predicted octanol–water partition coefficient (Wildman–Crippen LogP) is 0.956. The molecular weight excluding hydrogens is 274 g/mol. The minimum atomic E-state index is -0.465. The van der Waals surface area contributed by atoms with Crippen molar-refractivity contribution >= 4 is 17.9 Å². The second kappa shape index (κ2) is 5.75. The third kappa shape index (κ3) is 2.86. The highest BCUT2D eigenvalue weighted by molar-refractivity contribution is 5.87. The highest BCUT2D eigenvalue weighted by Crippen LogP contribution is 2.28. The van der Waals surface area contributed by atoms with Crippen molar-refractivity contribution in [1.29, 1.82) is 0 Å². The first-order valence-electron chi connectivity index (χ1n) is 7.34. The Hall–Kier alpha value is -2.05. The quantitative estimate of drug-likeness (QED) is 0.835. The Labute approximate surface area is 122 Å². The molecule has 2 atom stereocenters. The molecule has 7 heteroatoms. The minimum Gasteiger partial charge on any atom is -0.461 e. The van der Waals surface area contributed by atoms with Crippen molar-refractivity contribution in [3.63, 3.8) is 0 Å². The molecule has 1 N–H and O–H groups in total. The summed E-state index contributed by atoms with van der Waals surface area (Å²) in [7, 11) is 0. The van der Waals surface area contributed by atoms with Crippen LogP contribution in [-0.4, -0.2) is 42.6 Å². The van der Waals surface area contributed by atoms with Crippen LogP contribution in [-0.2, 0) is 9.53 Å². The van der Waals surface area contributed by atoms with Crippen LogP contribution in [0.5, 0.6) is 0 Å². The number of aromatic nitrogens is 1. The molecule has 3 rings (SSSR count). The summed E-state index contributed by atoms with van der Waals surface area (Å²) in [6.07, 6.45) is 3.67. The molecule has 2 unspecified atom stereocenters. The van der Waals surface area contributed by atoms with Crippen LogP contribution in [0.1, 0.15) is 36.7 Å². The molecule has 0 aromatic carbocycles. The van der Waals surface area contributed by atoms with Gasteiger partial charge in [0.2, 0.25) is 5.91 Å². The molecule has 1 aromatic rings. The van der Waals surface area contributed by atoms with Crippen LogP contribution in [0.15, 0.2) is 10.7 Å². The van der Waals surface area contributed by atoms with Crippen molar-refractivity contribution in [2.45, 2.75) is 32.2 Å². The number of oxazole rings is 1.